The van der Waals surface area contributed by atoms with Crippen LogP contribution in [0.15, 0.2) is 47.6 Å². The summed E-state index contributed by atoms with van der Waals surface area (Å²) in [6, 6.07) is 12.7. The summed E-state index contributed by atoms with van der Waals surface area (Å²) in [5.41, 5.74) is 1.42. The van der Waals surface area contributed by atoms with Crippen LogP contribution in [0.2, 0.25) is 5.02 Å². The first-order chi connectivity index (χ1) is 10.2. The lowest BCUT2D eigenvalue weighted by Crippen LogP contribution is -2.17. The molecule has 2 rings (SSSR count). The summed E-state index contributed by atoms with van der Waals surface area (Å²) in [7, 11) is 3.16. The van der Waals surface area contributed by atoms with Crippen molar-refractivity contribution in [2.45, 2.75) is 0 Å². The minimum Gasteiger partial charge on any atom is -0.497 e. The molecule has 0 saturated heterocycles. The zero-order valence-corrected chi connectivity index (χ0v) is 12.5. The van der Waals surface area contributed by atoms with E-state index in [0.717, 1.165) is 0 Å². The largest absolute Gasteiger partial charge is 0.497 e. The number of benzene rings is 2. The van der Waals surface area contributed by atoms with Gasteiger partial charge >= 0.3 is 0 Å². The van der Waals surface area contributed by atoms with Crippen LogP contribution in [0.25, 0.3) is 0 Å². The highest BCUT2D eigenvalue weighted by molar-refractivity contribution is 6.34. The van der Waals surface area contributed by atoms with Crippen molar-refractivity contribution in [2.24, 2.45) is 10.9 Å². The van der Waals surface area contributed by atoms with Crippen molar-refractivity contribution in [1.29, 1.82) is 0 Å². The number of anilines is 1. The van der Waals surface area contributed by atoms with Gasteiger partial charge in [-0.1, -0.05) is 23.7 Å². The van der Waals surface area contributed by atoms with E-state index in [1.807, 2.05) is 24.3 Å². The zero-order valence-electron chi connectivity index (χ0n) is 11.8. The number of rotatable bonds is 4. The highest BCUT2D eigenvalue weighted by Gasteiger charge is 2.13. The van der Waals surface area contributed by atoms with Gasteiger partial charge in [-0.25, -0.2) is 0 Å². The quantitative estimate of drug-likeness (QED) is 0.394. The summed E-state index contributed by atoms with van der Waals surface area (Å²) in [5.74, 6) is 7.22. The first-order valence-electron chi connectivity index (χ1n) is 6.21. The van der Waals surface area contributed by atoms with Gasteiger partial charge in [0, 0.05) is 6.07 Å². The number of hydrogen-bond donors (Lipinski definition) is 2. The normalized spacial score (nSPS) is 11.1. The van der Waals surface area contributed by atoms with E-state index in [4.69, 9.17) is 26.9 Å². The third kappa shape index (κ3) is 3.38. The Morgan fingerprint density at radius 1 is 1.14 bits per heavy atom. The van der Waals surface area contributed by atoms with Crippen molar-refractivity contribution in [1.82, 2.24) is 0 Å². The molecule has 0 heterocycles. The van der Waals surface area contributed by atoms with Crippen LogP contribution in [0.4, 0.5) is 5.69 Å². The second kappa shape index (κ2) is 6.85. The molecule has 6 heteroatoms. The van der Waals surface area contributed by atoms with Gasteiger partial charge in [0.1, 0.15) is 11.5 Å². The Labute approximate surface area is 128 Å². The van der Waals surface area contributed by atoms with Gasteiger partial charge in [-0.3, -0.25) is 0 Å². The van der Waals surface area contributed by atoms with E-state index in [2.05, 4.69) is 10.4 Å². The van der Waals surface area contributed by atoms with Crippen LogP contribution in [0, 0.1) is 0 Å². The predicted molar refractivity (Wildman–Crippen MR) is 85.3 cm³/mol. The second-order valence-electron chi connectivity index (χ2n) is 4.15. The topological polar surface area (TPSA) is 68.9 Å². The molecule has 0 aliphatic rings. The highest BCUT2D eigenvalue weighted by Crippen LogP contribution is 2.27. The first-order valence-corrected chi connectivity index (χ1v) is 6.59. The van der Waals surface area contributed by atoms with E-state index < -0.39 is 0 Å². The van der Waals surface area contributed by atoms with Crippen LogP contribution in [0.3, 0.4) is 0 Å². The molecule has 5 nitrogen and oxygen atoms in total. The van der Waals surface area contributed by atoms with Gasteiger partial charge in [0.15, 0.2) is 5.84 Å². The van der Waals surface area contributed by atoms with Gasteiger partial charge in [-0.2, -0.15) is 5.10 Å². The molecule has 2 aromatic rings. The molecule has 0 saturated carbocycles. The summed E-state index contributed by atoms with van der Waals surface area (Å²) in [4.78, 5) is 0. The Hall–Kier alpha value is -2.40. The Balaban J connectivity index is 2.36. The molecule has 0 bridgehead atoms. The van der Waals surface area contributed by atoms with E-state index in [0.29, 0.717) is 33.6 Å². The molecule has 21 heavy (non-hydrogen) atoms. The Morgan fingerprint density at radius 2 is 1.90 bits per heavy atom. The maximum absolute atomic E-state index is 6.12. The molecule has 0 atom stereocenters. The molecule has 0 aliphatic heterocycles. The van der Waals surface area contributed by atoms with Gasteiger partial charge in [-0.05, 0) is 24.3 Å². The minimum absolute atomic E-state index is 0.447. The standard InChI is InChI=1S/C15H16ClN3O2/c1-20-10-7-8-11(14(9-10)21-2)15(19-17)18-13-6-4-3-5-12(13)16/h3-9H,17H2,1-2H3,(H,18,19). The van der Waals surface area contributed by atoms with Gasteiger partial charge < -0.3 is 20.6 Å². The number of nitrogens with zero attached hydrogens (tertiary/aromatic N) is 1. The smallest absolute Gasteiger partial charge is 0.161 e. The van der Waals surface area contributed by atoms with Crippen LogP contribution in [0.1, 0.15) is 5.56 Å². The van der Waals surface area contributed by atoms with E-state index in [-0.39, 0.29) is 0 Å². The molecule has 0 radical (unpaired) electrons. The lowest BCUT2D eigenvalue weighted by Gasteiger charge is -2.14. The Bertz CT molecular complexity index is 659. The Kier molecular flexibility index (Phi) is 4.90. The molecule has 0 fully saturated rings. The van der Waals surface area contributed by atoms with Crippen LogP contribution < -0.4 is 20.6 Å². The lowest BCUT2D eigenvalue weighted by molar-refractivity contribution is 0.394. The minimum atomic E-state index is 0.447. The van der Waals surface area contributed by atoms with Gasteiger partial charge in [0.25, 0.3) is 0 Å². The first kappa shape index (κ1) is 15.0. The second-order valence-corrected chi connectivity index (χ2v) is 4.56. The Morgan fingerprint density at radius 3 is 2.52 bits per heavy atom. The summed E-state index contributed by atoms with van der Waals surface area (Å²) in [6.07, 6.45) is 0. The molecule has 0 aliphatic carbocycles. The lowest BCUT2D eigenvalue weighted by atomic mass is 10.1. The number of nitrogens with one attached hydrogen (secondary N) is 1. The average Bonchev–Trinajstić information content (AvgIpc) is 2.53. The molecular weight excluding hydrogens is 290 g/mol. The van der Waals surface area contributed by atoms with Gasteiger partial charge in [0.2, 0.25) is 0 Å². The van der Waals surface area contributed by atoms with Crippen LogP contribution >= 0.6 is 11.6 Å². The van der Waals surface area contributed by atoms with E-state index in [1.165, 1.54) is 0 Å². The van der Waals surface area contributed by atoms with Crippen molar-refractivity contribution in [3.05, 3.63) is 53.1 Å². The van der Waals surface area contributed by atoms with E-state index >= 15 is 0 Å². The number of halogens is 1. The summed E-state index contributed by atoms with van der Waals surface area (Å²) in [6.45, 7) is 0. The van der Waals surface area contributed by atoms with Crippen LogP contribution in [0.5, 0.6) is 11.5 Å². The maximum atomic E-state index is 6.12. The van der Waals surface area contributed by atoms with Crippen molar-refractivity contribution in [3.63, 3.8) is 0 Å². The fraction of sp³-hybridized carbons (Fsp3) is 0.133. The summed E-state index contributed by atoms with van der Waals surface area (Å²) in [5, 5.41) is 7.46. The fourth-order valence-electron chi connectivity index (χ4n) is 1.85. The molecule has 0 amide bonds. The molecule has 0 aromatic heterocycles. The summed E-state index contributed by atoms with van der Waals surface area (Å²) < 4.78 is 10.5. The predicted octanol–water partition coefficient (Wildman–Crippen LogP) is 3.09. The zero-order chi connectivity index (χ0) is 15.2. The number of hydrazone groups is 1. The van der Waals surface area contributed by atoms with E-state index in [1.54, 1.807) is 32.4 Å². The summed E-state index contributed by atoms with van der Waals surface area (Å²) >= 11 is 6.12. The van der Waals surface area contributed by atoms with Gasteiger partial charge in [0.05, 0.1) is 30.5 Å². The molecular formula is C15H16ClN3O2. The highest BCUT2D eigenvalue weighted by atomic mass is 35.5. The average molecular weight is 306 g/mol. The molecule has 110 valence electrons. The molecule has 2 aromatic carbocycles. The number of ether oxygens (including phenoxy) is 2. The van der Waals surface area contributed by atoms with E-state index in [9.17, 15) is 0 Å². The van der Waals surface area contributed by atoms with Crippen molar-refractivity contribution < 1.29 is 9.47 Å². The van der Waals surface area contributed by atoms with Crippen LogP contribution in [-0.2, 0) is 0 Å². The number of methoxy groups -OCH3 is 2. The SMILES string of the molecule is COc1ccc(C(=NN)Nc2ccccc2Cl)c(OC)c1. The monoisotopic (exact) mass is 305 g/mol. The van der Waals surface area contributed by atoms with Gasteiger partial charge in [-0.15, -0.1) is 0 Å². The fourth-order valence-corrected chi connectivity index (χ4v) is 2.04. The van der Waals surface area contributed by atoms with Crippen molar-refractivity contribution in [3.8, 4) is 11.5 Å². The maximum Gasteiger partial charge on any atom is 0.161 e. The number of nitrogens with two attached hydrogens (primary N) is 1. The van der Waals surface area contributed by atoms with Crippen LogP contribution in [-0.4, -0.2) is 20.1 Å². The van der Waals surface area contributed by atoms with Crippen molar-refractivity contribution in [2.75, 3.05) is 19.5 Å². The van der Waals surface area contributed by atoms with Crippen molar-refractivity contribution >= 4 is 23.1 Å². The molecule has 0 unspecified atom stereocenters. The molecule has 0 spiro atoms. The number of hydrogen-bond acceptors (Lipinski definition) is 4. The third-order valence-electron chi connectivity index (χ3n) is 2.92. The number of amidine groups is 1. The number of para-hydroxylation sites is 1. The third-order valence-corrected chi connectivity index (χ3v) is 3.25. The molecule has 3 N–H and O–H groups in total.